The molecule has 0 fully saturated rings. The molecule has 1 amide bonds. The molecule has 0 bridgehead atoms. The number of aryl methyl sites for hydroxylation is 2. The Kier molecular flexibility index (Phi) is 2.51. The molecule has 13 heavy (non-hydrogen) atoms. The lowest BCUT2D eigenvalue weighted by molar-refractivity contribution is -0.113. The van der Waals surface area contributed by atoms with Gasteiger partial charge in [-0.15, -0.1) is 0 Å². The van der Waals surface area contributed by atoms with Gasteiger partial charge >= 0.3 is 0 Å². The second kappa shape index (κ2) is 3.43. The summed E-state index contributed by atoms with van der Waals surface area (Å²) < 4.78 is 1.77. The Morgan fingerprint density at radius 3 is 2.54 bits per heavy atom. The predicted octanol–water partition coefficient (Wildman–Crippen LogP) is 0.535. The van der Waals surface area contributed by atoms with Crippen molar-refractivity contribution in [1.29, 1.82) is 0 Å². The summed E-state index contributed by atoms with van der Waals surface area (Å²) in [5, 5.41) is 4.20. The maximum absolute atomic E-state index is 10.5. The van der Waals surface area contributed by atoms with E-state index in [0.717, 1.165) is 17.0 Å². The second-order valence-corrected chi connectivity index (χ2v) is 2.94. The van der Waals surface area contributed by atoms with Gasteiger partial charge in [-0.3, -0.25) is 9.48 Å². The molecule has 4 heteroatoms. The number of aromatic nitrogens is 2. The lowest BCUT2D eigenvalue weighted by atomic mass is 10.2. The average molecular weight is 179 g/mol. The lowest BCUT2D eigenvalue weighted by Crippen LogP contribution is -2.05. The van der Waals surface area contributed by atoms with E-state index >= 15 is 0 Å². The first-order chi connectivity index (χ1) is 6.02. The fourth-order valence-corrected chi connectivity index (χ4v) is 1.20. The fraction of sp³-hybridized carbons (Fsp3) is 0.333. The van der Waals surface area contributed by atoms with Crippen LogP contribution in [0.1, 0.15) is 17.0 Å². The summed E-state index contributed by atoms with van der Waals surface area (Å²) in [6.45, 7) is 3.84. The molecule has 1 rings (SSSR count). The van der Waals surface area contributed by atoms with Crippen LogP contribution in [0.25, 0.3) is 6.08 Å². The summed E-state index contributed by atoms with van der Waals surface area (Å²) in [5.41, 5.74) is 7.88. The van der Waals surface area contributed by atoms with E-state index in [0.29, 0.717) is 0 Å². The van der Waals surface area contributed by atoms with Crippen LogP contribution in [0.4, 0.5) is 0 Å². The molecule has 0 spiro atoms. The van der Waals surface area contributed by atoms with Crippen LogP contribution in [0.2, 0.25) is 0 Å². The Labute approximate surface area is 77.0 Å². The zero-order valence-corrected chi connectivity index (χ0v) is 8.03. The third-order valence-electron chi connectivity index (χ3n) is 1.98. The molecular weight excluding hydrogens is 166 g/mol. The van der Waals surface area contributed by atoms with Gasteiger partial charge in [0.25, 0.3) is 0 Å². The van der Waals surface area contributed by atoms with Gasteiger partial charge in [-0.05, 0) is 19.9 Å². The topological polar surface area (TPSA) is 60.9 Å². The zero-order valence-electron chi connectivity index (χ0n) is 8.03. The van der Waals surface area contributed by atoms with Crippen molar-refractivity contribution >= 4 is 12.0 Å². The van der Waals surface area contributed by atoms with Crippen molar-refractivity contribution in [1.82, 2.24) is 9.78 Å². The Morgan fingerprint density at radius 2 is 2.15 bits per heavy atom. The molecule has 2 N–H and O–H groups in total. The summed E-state index contributed by atoms with van der Waals surface area (Å²) in [7, 11) is 1.87. The van der Waals surface area contributed by atoms with E-state index in [1.54, 1.807) is 10.8 Å². The van der Waals surface area contributed by atoms with Crippen LogP contribution in [0.5, 0.6) is 0 Å². The maximum atomic E-state index is 10.5. The van der Waals surface area contributed by atoms with Gasteiger partial charge in [0.05, 0.1) is 5.69 Å². The molecule has 1 aromatic rings. The Hall–Kier alpha value is -1.58. The highest BCUT2D eigenvalue weighted by Crippen LogP contribution is 2.13. The van der Waals surface area contributed by atoms with Gasteiger partial charge in [0.1, 0.15) is 0 Å². The van der Waals surface area contributed by atoms with E-state index in [4.69, 9.17) is 5.73 Å². The van der Waals surface area contributed by atoms with E-state index in [9.17, 15) is 4.79 Å². The SMILES string of the molecule is Cc1nn(C)c(C)c1C=CC(N)=O. The standard InChI is InChI=1S/C9H13N3O/c1-6-8(4-5-9(10)13)7(2)12(3)11-6/h4-5H,1-3H3,(H2,10,13). The highest BCUT2D eigenvalue weighted by molar-refractivity contribution is 5.90. The summed E-state index contributed by atoms with van der Waals surface area (Å²) >= 11 is 0. The minimum Gasteiger partial charge on any atom is -0.366 e. The molecule has 0 radical (unpaired) electrons. The van der Waals surface area contributed by atoms with Crippen LogP contribution in [-0.2, 0) is 11.8 Å². The average Bonchev–Trinajstić information content (AvgIpc) is 2.24. The first kappa shape index (κ1) is 9.51. The Morgan fingerprint density at radius 1 is 1.54 bits per heavy atom. The van der Waals surface area contributed by atoms with Gasteiger partial charge in [-0.1, -0.05) is 0 Å². The molecule has 0 aliphatic carbocycles. The van der Waals surface area contributed by atoms with Crippen molar-refractivity contribution in [3.8, 4) is 0 Å². The number of hydrogen-bond donors (Lipinski definition) is 1. The van der Waals surface area contributed by atoms with Crippen molar-refractivity contribution in [3.05, 3.63) is 23.0 Å². The van der Waals surface area contributed by atoms with Gasteiger partial charge < -0.3 is 5.73 Å². The van der Waals surface area contributed by atoms with E-state index in [1.807, 2.05) is 20.9 Å². The molecule has 0 atom stereocenters. The molecule has 70 valence electrons. The maximum Gasteiger partial charge on any atom is 0.241 e. The number of rotatable bonds is 2. The number of hydrogen-bond acceptors (Lipinski definition) is 2. The van der Waals surface area contributed by atoms with Crippen LogP contribution < -0.4 is 5.73 Å². The van der Waals surface area contributed by atoms with E-state index in [1.165, 1.54) is 6.08 Å². The van der Waals surface area contributed by atoms with Crippen LogP contribution >= 0.6 is 0 Å². The monoisotopic (exact) mass is 179 g/mol. The van der Waals surface area contributed by atoms with Gasteiger partial charge in [0.2, 0.25) is 5.91 Å². The van der Waals surface area contributed by atoms with Gasteiger partial charge in [-0.25, -0.2) is 0 Å². The zero-order chi connectivity index (χ0) is 10.0. The van der Waals surface area contributed by atoms with Crippen LogP contribution in [0.15, 0.2) is 6.08 Å². The highest BCUT2D eigenvalue weighted by Gasteiger charge is 2.05. The quantitative estimate of drug-likeness (QED) is 0.673. The summed E-state index contributed by atoms with van der Waals surface area (Å²) in [6.07, 6.45) is 3.04. The summed E-state index contributed by atoms with van der Waals surface area (Å²) in [5.74, 6) is -0.442. The number of nitrogens with two attached hydrogens (primary N) is 1. The number of carbonyl (C=O) groups is 1. The Balaban J connectivity index is 3.07. The third kappa shape index (κ3) is 1.96. The smallest absolute Gasteiger partial charge is 0.241 e. The van der Waals surface area contributed by atoms with E-state index in [2.05, 4.69) is 5.10 Å². The minimum absolute atomic E-state index is 0.442. The second-order valence-electron chi connectivity index (χ2n) is 2.94. The molecule has 0 saturated heterocycles. The Bertz CT molecular complexity index is 363. The van der Waals surface area contributed by atoms with Crippen molar-refractivity contribution in [2.75, 3.05) is 0 Å². The number of nitrogens with zero attached hydrogens (tertiary/aromatic N) is 2. The number of primary amides is 1. The van der Waals surface area contributed by atoms with Crippen LogP contribution in [0, 0.1) is 13.8 Å². The van der Waals surface area contributed by atoms with Gasteiger partial charge in [-0.2, -0.15) is 5.10 Å². The highest BCUT2D eigenvalue weighted by atomic mass is 16.1. The molecule has 0 aliphatic heterocycles. The van der Waals surface area contributed by atoms with Gasteiger partial charge in [0.15, 0.2) is 0 Å². The molecule has 0 aromatic carbocycles. The molecule has 4 nitrogen and oxygen atoms in total. The van der Waals surface area contributed by atoms with Gasteiger partial charge in [0, 0.05) is 24.4 Å². The van der Waals surface area contributed by atoms with Crippen LogP contribution in [0.3, 0.4) is 0 Å². The summed E-state index contributed by atoms with van der Waals surface area (Å²) in [6, 6.07) is 0. The largest absolute Gasteiger partial charge is 0.366 e. The fourth-order valence-electron chi connectivity index (χ4n) is 1.20. The van der Waals surface area contributed by atoms with E-state index in [-0.39, 0.29) is 0 Å². The third-order valence-corrected chi connectivity index (χ3v) is 1.98. The first-order valence-electron chi connectivity index (χ1n) is 4.00. The van der Waals surface area contributed by atoms with Crippen molar-refractivity contribution in [2.24, 2.45) is 12.8 Å². The first-order valence-corrected chi connectivity index (χ1v) is 4.00. The lowest BCUT2D eigenvalue weighted by Gasteiger charge is -1.93. The molecule has 0 unspecified atom stereocenters. The van der Waals surface area contributed by atoms with E-state index < -0.39 is 5.91 Å². The normalized spacial score (nSPS) is 11.0. The molecule has 0 aliphatic rings. The van der Waals surface area contributed by atoms with Crippen molar-refractivity contribution in [2.45, 2.75) is 13.8 Å². The molecule has 1 heterocycles. The number of amides is 1. The van der Waals surface area contributed by atoms with Crippen LogP contribution in [-0.4, -0.2) is 15.7 Å². The van der Waals surface area contributed by atoms with Crippen molar-refractivity contribution < 1.29 is 4.79 Å². The summed E-state index contributed by atoms with van der Waals surface area (Å²) in [4.78, 5) is 10.5. The minimum atomic E-state index is -0.442. The molecular formula is C9H13N3O. The predicted molar refractivity (Wildman–Crippen MR) is 50.9 cm³/mol. The van der Waals surface area contributed by atoms with Crippen molar-refractivity contribution in [3.63, 3.8) is 0 Å². The molecule has 0 saturated carbocycles. The number of carbonyl (C=O) groups excluding carboxylic acids is 1. The molecule has 1 aromatic heterocycles.